The molecule has 0 aliphatic heterocycles. The first-order valence-corrected chi connectivity index (χ1v) is 10.4. The van der Waals surface area contributed by atoms with Crippen molar-refractivity contribution in [2.45, 2.75) is 6.92 Å². The SMILES string of the molecule is CC(=O)Nc1cc(=O)n(C)c2nc(-c3ccc(Cl)cc3Cl)c(-c3ccc(Cl)cc3)cc12. The third-order valence-corrected chi connectivity index (χ3v) is 5.66. The van der Waals surface area contributed by atoms with Gasteiger partial charge in [-0.05, 0) is 42.0 Å². The molecule has 2 heterocycles. The summed E-state index contributed by atoms with van der Waals surface area (Å²) in [5.74, 6) is -0.285. The number of carbonyl (C=O) groups is 1. The molecule has 5 nitrogen and oxygen atoms in total. The normalized spacial score (nSPS) is 11.0. The van der Waals surface area contributed by atoms with Gasteiger partial charge in [0.05, 0.1) is 16.4 Å². The molecule has 31 heavy (non-hydrogen) atoms. The fourth-order valence-electron chi connectivity index (χ4n) is 3.39. The molecule has 0 aliphatic carbocycles. The second-order valence-electron chi connectivity index (χ2n) is 7.02. The zero-order valence-corrected chi connectivity index (χ0v) is 18.8. The summed E-state index contributed by atoms with van der Waals surface area (Å²) < 4.78 is 1.43. The number of benzene rings is 2. The maximum atomic E-state index is 12.5. The van der Waals surface area contributed by atoms with E-state index in [1.807, 2.05) is 18.2 Å². The van der Waals surface area contributed by atoms with Crippen molar-refractivity contribution in [3.63, 3.8) is 0 Å². The van der Waals surface area contributed by atoms with E-state index in [4.69, 9.17) is 39.8 Å². The maximum absolute atomic E-state index is 12.5. The van der Waals surface area contributed by atoms with E-state index < -0.39 is 0 Å². The lowest BCUT2D eigenvalue weighted by Gasteiger charge is -2.16. The van der Waals surface area contributed by atoms with Crippen molar-refractivity contribution in [2.75, 3.05) is 5.32 Å². The number of nitrogens with one attached hydrogen (secondary N) is 1. The second-order valence-corrected chi connectivity index (χ2v) is 8.30. The zero-order valence-electron chi connectivity index (χ0n) is 16.5. The molecule has 0 bridgehead atoms. The van der Waals surface area contributed by atoms with Gasteiger partial charge in [-0.3, -0.25) is 14.2 Å². The zero-order chi connectivity index (χ0) is 22.3. The number of fused-ring (bicyclic) bond motifs is 1. The molecular weight excluding hydrogens is 457 g/mol. The monoisotopic (exact) mass is 471 g/mol. The Morgan fingerprint density at radius 1 is 0.935 bits per heavy atom. The minimum absolute atomic E-state index is 0.285. The van der Waals surface area contributed by atoms with Crippen LogP contribution >= 0.6 is 34.8 Å². The summed E-state index contributed by atoms with van der Waals surface area (Å²) in [6.45, 7) is 1.39. The van der Waals surface area contributed by atoms with Crippen molar-refractivity contribution in [1.82, 2.24) is 9.55 Å². The van der Waals surface area contributed by atoms with Crippen molar-refractivity contribution in [3.05, 3.63) is 80.0 Å². The van der Waals surface area contributed by atoms with Gasteiger partial charge in [-0.1, -0.05) is 46.9 Å². The minimum Gasteiger partial charge on any atom is -0.325 e. The summed E-state index contributed by atoms with van der Waals surface area (Å²) in [5.41, 5.74) is 3.36. The van der Waals surface area contributed by atoms with Gasteiger partial charge in [0.25, 0.3) is 5.56 Å². The van der Waals surface area contributed by atoms with Crippen LogP contribution in [0, 0.1) is 0 Å². The molecule has 0 atom stereocenters. The molecule has 2 aromatic heterocycles. The summed E-state index contributed by atoms with van der Waals surface area (Å²) in [4.78, 5) is 29.0. The fraction of sp³-hybridized carbons (Fsp3) is 0.0870. The van der Waals surface area contributed by atoms with Crippen LogP contribution in [-0.2, 0) is 11.8 Å². The number of aryl methyl sites for hydroxylation is 1. The third kappa shape index (κ3) is 4.17. The molecule has 1 amide bonds. The Balaban J connectivity index is 2.12. The van der Waals surface area contributed by atoms with Crippen LogP contribution in [0.3, 0.4) is 0 Å². The van der Waals surface area contributed by atoms with Crippen LogP contribution in [-0.4, -0.2) is 15.5 Å². The predicted molar refractivity (Wildman–Crippen MR) is 127 cm³/mol. The van der Waals surface area contributed by atoms with Crippen molar-refractivity contribution in [1.29, 1.82) is 0 Å². The molecule has 8 heteroatoms. The first-order valence-electron chi connectivity index (χ1n) is 9.28. The number of pyridine rings is 2. The fourth-order valence-corrected chi connectivity index (χ4v) is 4.01. The lowest BCUT2D eigenvalue weighted by atomic mass is 9.97. The second kappa shape index (κ2) is 8.35. The summed E-state index contributed by atoms with van der Waals surface area (Å²) >= 11 is 18.7. The van der Waals surface area contributed by atoms with Crippen molar-refractivity contribution in [3.8, 4) is 22.4 Å². The number of hydrogen-bond donors (Lipinski definition) is 1. The first-order chi connectivity index (χ1) is 14.7. The first kappa shape index (κ1) is 21.4. The number of nitrogens with zero attached hydrogens (tertiary/aromatic N) is 2. The number of hydrogen-bond acceptors (Lipinski definition) is 3. The highest BCUT2D eigenvalue weighted by Crippen LogP contribution is 2.39. The summed E-state index contributed by atoms with van der Waals surface area (Å²) in [6.07, 6.45) is 0. The van der Waals surface area contributed by atoms with Crippen LogP contribution < -0.4 is 10.9 Å². The minimum atomic E-state index is -0.295. The summed E-state index contributed by atoms with van der Waals surface area (Å²) in [6, 6.07) is 15.7. The highest BCUT2D eigenvalue weighted by Gasteiger charge is 2.18. The smallest absolute Gasteiger partial charge is 0.254 e. The number of amides is 1. The standard InChI is InChI=1S/C23H16Cl3N3O2/c1-12(30)27-20-11-21(31)29(2)23-18(20)10-17(13-3-5-14(24)6-4-13)22(28-23)16-8-7-15(25)9-19(16)26/h3-11H,1-2H3,(H,27,30). The Labute approximate surface area is 193 Å². The van der Waals surface area contributed by atoms with E-state index in [-0.39, 0.29) is 11.5 Å². The number of rotatable bonds is 3. The Bertz CT molecular complexity index is 1400. The van der Waals surface area contributed by atoms with Crippen LogP contribution in [0.5, 0.6) is 0 Å². The molecule has 0 radical (unpaired) electrons. The van der Waals surface area contributed by atoms with Gasteiger partial charge in [0.2, 0.25) is 5.91 Å². The molecule has 4 aromatic rings. The van der Waals surface area contributed by atoms with Crippen molar-refractivity contribution >= 4 is 57.4 Å². The molecule has 0 spiro atoms. The molecule has 2 aromatic carbocycles. The van der Waals surface area contributed by atoms with E-state index in [1.54, 1.807) is 37.4 Å². The highest BCUT2D eigenvalue weighted by molar-refractivity contribution is 6.36. The number of anilines is 1. The van der Waals surface area contributed by atoms with Crippen molar-refractivity contribution in [2.24, 2.45) is 7.05 Å². The van der Waals surface area contributed by atoms with E-state index >= 15 is 0 Å². The van der Waals surface area contributed by atoms with Gasteiger partial charge in [0.15, 0.2) is 0 Å². The Hall–Kier alpha value is -2.86. The summed E-state index contributed by atoms with van der Waals surface area (Å²) in [7, 11) is 1.63. The largest absolute Gasteiger partial charge is 0.325 e. The Kier molecular flexibility index (Phi) is 5.75. The van der Waals surface area contributed by atoms with Gasteiger partial charge in [0, 0.05) is 46.6 Å². The van der Waals surface area contributed by atoms with E-state index in [0.717, 1.165) is 11.1 Å². The Morgan fingerprint density at radius 2 is 1.61 bits per heavy atom. The van der Waals surface area contributed by atoms with Crippen LogP contribution in [0.15, 0.2) is 59.4 Å². The maximum Gasteiger partial charge on any atom is 0.254 e. The molecule has 0 fully saturated rings. The highest BCUT2D eigenvalue weighted by atomic mass is 35.5. The quantitative estimate of drug-likeness (QED) is 0.387. The van der Waals surface area contributed by atoms with Crippen LogP contribution in [0.2, 0.25) is 15.1 Å². The molecule has 0 unspecified atom stereocenters. The van der Waals surface area contributed by atoms with Gasteiger partial charge in [-0.15, -0.1) is 0 Å². The number of carbonyl (C=O) groups excluding carboxylic acids is 1. The Morgan fingerprint density at radius 3 is 2.26 bits per heavy atom. The van der Waals surface area contributed by atoms with E-state index in [9.17, 15) is 9.59 Å². The van der Waals surface area contributed by atoms with Gasteiger partial charge in [0.1, 0.15) is 5.65 Å². The molecule has 156 valence electrons. The number of aromatic nitrogens is 2. The van der Waals surface area contributed by atoms with Gasteiger partial charge >= 0.3 is 0 Å². The van der Waals surface area contributed by atoms with Crippen LogP contribution in [0.4, 0.5) is 5.69 Å². The predicted octanol–water partition coefficient (Wildman–Crippen LogP) is 6.19. The lowest BCUT2D eigenvalue weighted by molar-refractivity contribution is -0.114. The molecule has 0 saturated carbocycles. The molecular formula is C23H16Cl3N3O2. The van der Waals surface area contributed by atoms with Crippen molar-refractivity contribution < 1.29 is 4.79 Å². The molecule has 4 rings (SSSR count). The van der Waals surface area contributed by atoms with E-state index in [0.29, 0.717) is 43.0 Å². The van der Waals surface area contributed by atoms with E-state index in [2.05, 4.69) is 5.32 Å². The average Bonchev–Trinajstić information content (AvgIpc) is 2.71. The topological polar surface area (TPSA) is 64.0 Å². The number of halogens is 3. The van der Waals surface area contributed by atoms with E-state index in [1.165, 1.54) is 17.6 Å². The summed E-state index contributed by atoms with van der Waals surface area (Å²) in [5, 5.41) is 4.88. The van der Waals surface area contributed by atoms with Crippen LogP contribution in [0.1, 0.15) is 6.92 Å². The van der Waals surface area contributed by atoms with Gasteiger partial charge < -0.3 is 5.32 Å². The lowest BCUT2D eigenvalue weighted by Crippen LogP contribution is -2.19. The van der Waals surface area contributed by atoms with Crippen LogP contribution in [0.25, 0.3) is 33.4 Å². The van der Waals surface area contributed by atoms with Gasteiger partial charge in [-0.25, -0.2) is 4.98 Å². The van der Waals surface area contributed by atoms with Gasteiger partial charge in [-0.2, -0.15) is 0 Å². The average molecular weight is 473 g/mol. The third-order valence-electron chi connectivity index (χ3n) is 4.86. The molecule has 1 N–H and O–H groups in total. The molecule has 0 saturated heterocycles. The molecule has 0 aliphatic rings.